The van der Waals surface area contributed by atoms with E-state index in [4.69, 9.17) is 10.5 Å². The predicted octanol–water partition coefficient (Wildman–Crippen LogP) is 4.63. The Labute approximate surface area is 148 Å². The zero-order chi connectivity index (χ0) is 17.8. The van der Waals surface area contributed by atoms with Gasteiger partial charge in [0, 0.05) is 23.0 Å². The Morgan fingerprint density at radius 3 is 2.76 bits per heavy atom. The second-order valence-corrected chi connectivity index (χ2v) is 6.92. The monoisotopic (exact) mass is 340 g/mol. The number of hydrogen-bond donors (Lipinski definition) is 2. The van der Waals surface area contributed by atoms with Crippen LogP contribution >= 0.6 is 0 Å². The Kier molecular flexibility index (Phi) is 5.39. The van der Waals surface area contributed by atoms with Gasteiger partial charge in [-0.05, 0) is 60.3 Å². The number of halogens is 1. The summed E-state index contributed by atoms with van der Waals surface area (Å²) in [5.74, 6) is 1.26. The Hall–Kier alpha value is -2.33. The molecule has 0 amide bonds. The third kappa shape index (κ3) is 4.20. The van der Waals surface area contributed by atoms with Crippen LogP contribution in [0.2, 0.25) is 0 Å². The molecule has 3 nitrogen and oxygen atoms in total. The summed E-state index contributed by atoms with van der Waals surface area (Å²) >= 11 is 0. The van der Waals surface area contributed by atoms with Gasteiger partial charge in [0.1, 0.15) is 11.6 Å². The van der Waals surface area contributed by atoms with Crippen molar-refractivity contribution in [2.24, 2.45) is 11.7 Å². The van der Waals surface area contributed by atoms with Crippen molar-refractivity contribution in [3.8, 4) is 5.75 Å². The standard InChI is InChI=1S/C21H25FN2O/c1-14(2)13-25-18-5-3-4-15(9-18)8-16(11-23)20-12-24-21-7-6-17(22)10-19(20)21/h3-7,9-10,12,14,16,24H,8,11,13,23H2,1-2H3. The molecule has 25 heavy (non-hydrogen) atoms. The molecule has 0 saturated carbocycles. The van der Waals surface area contributed by atoms with Gasteiger partial charge in [0.2, 0.25) is 0 Å². The van der Waals surface area contributed by atoms with Gasteiger partial charge in [-0.15, -0.1) is 0 Å². The highest BCUT2D eigenvalue weighted by molar-refractivity contribution is 5.83. The molecular weight excluding hydrogens is 315 g/mol. The topological polar surface area (TPSA) is 51.0 Å². The fourth-order valence-corrected chi connectivity index (χ4v) is 3.08. The van der Waals surface area contributed by atoms with Gasteiger partial charge in [-0.3, -0.25) is 0 Å². The van der Waals surface area contributed by atoms with E-state index in [1.165, 1.54) is 11.6 Å². The Morgan fingerprint density at radius 1 is 1.16 bits per heavy atom. The molecule has 1 heterocycles. The normalized spacial score (nSPS) is 12.7. The minimum absolute atomic E-state index is 0.121. The molecule has 0 aliphatic carbocycles. The SMILES string of the molecule is CC(C)COc1cccc(CC(CN)c2c[nH]c3ccc(F)cc23)c1. The summed E-state index contributed by atoms with van der Waals surface area (Å²) in [6.45, 7) is 5.46. The van der Waals surface area contributed by atoms with Gasteiger partial charge in [0.25, 0.3) is 0 Å². The average molecular weight is 340 g/mol. The number of nitrogens with one attached hydrogen (secondary N) is 1. The van der Waals surface area contributed by atoms with E-state index in [9.17, 15) is 4.39 Å². The first kappa shape index (κ1) is 17.5. The predicted molar refractivity (Wildman–Crippen MR) is 101 cm³/mol. The third-order valence-corrected chi connectivity index (χ3v) is 4.36. The van der Waals surface area contributed by atoms with E-state index in [1.54, 1.807) is 12.1 Å². The van der Waals surface area contributed by atoms with Gasteiger partial charge in [0.15, 0.2) is 0 Å². The molecular formula is C21H25FN2O. The number of ether oxygens (including phenoxy) is 1. The van der Waals surface area contributed by atoms with Crippen LogP contribution in [0.25, 0.3) is 10.9 Å². The van der Waals surface area contributed by atoms with Crippen molar-refractivity contribution in [3.05, 3.63) is 65.6 Å². The zero-order valence-corrected chi connectivity index (χ0v) is 14.8. The average Bonchev–Trinajstić information content (AvgIpc) is 3.01. The summed E-state index contributed by atoms with van der Waals surface area (Å²) in [5, 5.41) is 0.905. The quantitative estimate of drug-likeness (QED) is 0.659. The first-order chi connectivity index (χ1) is 12.1. The van der Waals surface area contributed by atoms with Crippen molar-refractivity contribution >= 4 is 10.9 Å². The maximum atomic E-state index is 13.6. The van der Waals surface area contributed by atoms with Crippen molar-refractivity contribution in [3.63, 3.8) is 0 Å². The molecule has 1 unspecified atom stereocenters. The third-order valence-electron chi connectivity index (χ3n) is 4.36. The van der Waals surface area contributed by atoms with Gasteiger partial charge in [-0.25, -0.2) is 4.39 Å². The van der Waals surface area contributed by atoms with E-state index < -0.39 is 0 Å². The van der Waals surface area contributed by atoms with Gasteiger partial charge < -0.3 is 15.5 Å². The first-order valence-corrected chi connectivity index (χ1v) is 8.75. The molecule has 0 saturated heterocycles. The van der Waals surface area contributed by atoms with Gasteiger partial charge in [0.05, 0.1) is 6.61 Å². The molecule has 1 atom stereocenters. The molecule has 2 aromatic carbocycles. The number of hydrogen-bond acceptors (Lipinski definition) is 2. The molecule has 3 N–H and O–H groups in total. The van der Waals surface area contributed by atoms with E-state index in [0.29, 0.717) is 19.1 Å². The van der Waals surface area contributed by atoms with Crippen LogP contribution in [0.1, 0.15) is 30.9 Å². The highest BCUT2D eigenvalue weighted by atomic mass is 19.1. The summed E-state index contributed by atoms with van der Waals surface area (Å²) in [7, 11) is 0. The lowest BCUT2D eigenvalue weighted by atomic mass is 9.91. The lowest BCUT2D eigenvalue weighted by Crippen LogP contribution is -2.15. The fourth-order valence-electron chi connectivity index (χ4n) is 3.08. The minimum Gasteiger partial charge on any atom is -0.493 e. The van der Waals surface area contributed by atoms with Crippen molar-refractivity contribution in [1.29, 1.82) is 0 Å². The van der Waals surface area contributed by atoms with Crippen LogP contribution in [0.4, 0.5) is 4.39 Å². The Morgan fingerprint density at radius 2 is 2.00 bits per heavy atom. The fraction of sp³-hybridized carbons (Fsp3) is 0.333. The number of aromatic nitrogens is 1. The number of nitrogens with two attached hydrogens (primary N) is 1. The zero-order valence-electron chi connectivity index (χ0n) is 14.8. The molecule has 0 fully saturated rings. The second-order valence-electron chi connectivity index (χ2n) is 6.92. The van der Waals surface area contributed by atoms with Gasteiger partial charge in [-0.1, -0.05) is 26.0 Å². The number of fused-ring (bicyclic) bond motifs is 1. The molecule has 132 valence electrons. The van der Waals surface area contributed by atoms with E-state index in [2.05, 4.69) is 31.0 Å². The molecule has 0 radical (unpaired) electrons. The maximum Gasteiger partial charge on any atom is 0.123 e. The van der Waals surface area contributed by atoms with Crippen LogP contribution in [0.15, 0.2) is 48.7 Å². The molecule has 4 heteroatoms. The van der Waals surface area contributed by atoms with Crippen LogP contribution in [-0.4, -0.2) is 18.1 Å². The number of aromatic amines is 1. The van der Waals surface area contributed by atoms with Crippen LogP contribution in [-0.2, 0) is 6.42 Å². The van der Waals surface area contributed by atoms with E-state index in [0.717, 1.165) is 28.6 Å². The van der Waals surface area contributed by atoms with E-state index >= 15 is 0 Å². The number of H-pyrrole nitrogens is 1. The summed E-state index contributed by atoms with van der Waals surface area (Å²) < 4.78 is 19.4. The van der Waals surface area contributed by atoms with Crippen LogP contribution in [0.5, 0.6) is 5.75 Å². The molecule has 0 aliphatic rings. The van der Waals surface area contributed by atoms with E-state index in [1.807, 2.05) is 18.3 Å². The summed E-state index contributed by atoms with van der Waals surface area (Å²) in [5.41, 5.74) is 9.20. The highest BCUT2D eigenvalue weighted by Crippen LogP contribution is 2.29. The highest BCUT2D eigenvalue weighted by Gasteiger charge is 2.16. The summed E-state index contributed by atoms with van der Waals surface area (Å²) in [4.78, 5) is 3.21. The maximum absolute atomic E-state index is 13.6. The van der Waals surface area contributed by atoms with Crippen LogP contribution in [0.3, 0.4) is 0 Å². The largest absolute Gasteiger partial charge is 0.493 e. The minimum atomic E-state index is -0.229. The first-order valence-electron chi connectivity index (χ1n) is 8.75. The second kappa shape index (κ2) is 7.70. The van der Waals surface area contributed by atoms with Crippen molar-refractivity contribution < 1.29 is 9.13 Å². The lowest BCUT2D eigenvalue weighted by Gasteiger charge is -2.16. The van der Waals surface area contributed by atoms with Gasteiger partial charge >= 0.3 is 0 Å². The smallest absolute Gasteiger partial charge is 0.123 e. The summed E-state index contributed by atoms with van der Waals surface area (Å²) in [6, 6.07) is 12.9. The summed E-state index contributed by atoms with van der Waals surface area (Å²) in [6.07, 6.45) is 2.74. The van der Waals surface area contributed by atoms with E-state index in [-0.39, 0.29) is 11.7 Å². The molecule has 0 aliphatic heterocycles. The van der Waals surface area contributed by atoms with Crippen molar-refractivity contribution in [1.82, 2.24) is 4.98 Å². The number of benzene rings is 2. The molecule has 3 aromatic rings. The molecule has 0 bridgehead atoms. The Balaban J connectivity index is 1.82. The molecule has 0 spiro atoms. The number of rotatable bonds is 7. The lowest BCUT2D eigenvalue weighted by molar-refractivity contribution is 0.271. The molecule has 1 aromatic heterocycles. The Bertz CT molecular complexity index is 841. The van der Waals surface area contributed by atoms with Crippen LogP contribution in [0, 0.1) is 11.7 Å². The van der Waals surface area contributed by atoms with Crippen molar-refractivity contribution in [2.45, 2.75) is 26.2 Å². The van der Waals surface area contributed by atoms with Gasteiger partial charge in [-0.2, -0.15) is 0 Å². The molecule has 3 rings (SSSR count). The van der Waals surface area contributed by atoms with Crippen LogP contribution < -0.4 is 10.5 Å². The van der Waals surface area contributed by atoms with Crippen molar-refractivity contribution in [2.75, 3.05) is 13.2 Å².